The van der Waals surface area contributed by atoms with Crippen molar-refractivity contribution in [2.75, 3.05) is 33.3 Å². The summed E-state index contributed by atoms with van der Waals surface area (Å²) in [7, 11) is 2.19. The topological polar surface area (TPSA) is 48.3 Å². The second kappa shape index (κ2) is 7.88. The lowest BCUT2D eigenvalue weighted by Gasteiger charge is -2.29. The Morgan fingerprint density at radius 2 is 2.30 bits per heavy atom. The van der Waals surface area contributed by atoms with Gasteiger partial charge in [0.25, 0.3) is 0 Å². The Kier molecular flexibility index (Phi) is 5.85. The second-order valence-electron chi connectivity index (χ2n) is 5.46. The van der Waals surface area contributed by atoms with E-state index in [9.17, 15) is 0 Å². The molecule has 1 heterocycles. The summed E-state index contributed by atoms with van der Waals surface area (Å²) in [5.74, 6) is 1.54. The zero-order chi connectivity index (χ0) is 14.2. The highest BCUT2D eigenvalue weighted by Crippen LogP contribution is 2.18. The Balaban J connectivity index is 1.80. The van der Waals surface area contributed by atoms with Gasteiger partial charge in [0, 0.05) is 18.7 Å². The third kappa shape index (κ3) is 4.52. The number of hydrogen-bond donors (Lipinski definition) is 1. The van der Waals surface area contributed by atoms with Crippen LogP contribution in [0.2, 0.25) is 0 Å². The molecule has 20 heavy (non-hydrogen) atoms. The van der Waals surface area contributed by atoms with Crippen LogP contribution in [0.1, 0.15) is 18.4 Å². The lowest BCUT2D eigenvalue weighted by molar-refractivity contribution is 0.206. The van der Waals surface area contributed by atoms with E-state index in [4.69, 9.17) is 10.00 Å². The average molecular weight is 273 g/mol. The molecule has 108 valence electrons. The van der Waals surface area contributed by atoms with Gasteiger partial charge in [-0.25, -0.2) is 0 Å². The lowest BCUT2D eigenvalue weighted by Crippen LogP contribution is -2.37. The van der Waals surface area contributed by atoms with E-state index in [2.05, 4.69) is 17.3 Å². The van der Waals surface area contributed by atoms with E-state index in [0.717, 1.165) is 30.3 Å². The molecule has 1 aliphatic heterocycles. The van der Waals surface area contributed by atoms with Gasteiger partial charge in [0.05, 0.1) is 0 Å². The lowest BCUT2D eigenvalue weighted by atomic mass is 9.98. The summed E-state index contributed by atoms with van der Waals surface area (Å²) in [6, 6.07) is 9.92. The van der Waals surface area contributed by atoms with Crippen LogP contribution in [0.4, 0.5) is 0 Å². The predicted octanol–water partition coefficient (Wildman–Crippen LogP) is 2.02. The molecule has 4 heteroatoms. The molecule has 1 aliphatic rings. The first-order chi connectivity index (χ1) is 9.79. The molecule has 1 saturated heterocycles. The van der Waals surface area contributed by atoms with Gasteiger partial charge in [-0.2, -0.15) is 5.26 Å². The fourth-order valence-corrected chi connectivity index (χ4v) is 2.75. The van der Waals surface area contributed by atoms with Crippen LogP contribution in [0.3, 0.4) is 0 Å². The van der Waals surface area contributed by atoms with Crippen molar-refractivity contribution in [1.82, 2.24) is 10.2 Å². The second-order valence-corrected chi connectivity index (χ2v) is 5.46. The summed E-state index contributed by atoms with van der Waals surface area (Å²) in [5, 5.41) is 12.1. The van der Waals surface area contributed by atoms with Crippen molar-refractivity contribution in [3.8, 4) is 11.8 Å². The molecular weight excluding hydrogens is 250 g/mol. The summed E-state index contributed by atoms with van der Waals surface area (Å²) in [6.45, 7) is 4.34. The minimum Gasteiger partial charge on any atom is -0.478 e. The minimum atomic E-state index is 0.102. The fourth-order valence-electron chi connectivity index (χ4n) is 2.75. The molecule has 4 nitrogen and oxygen atoms in total. The normalized spacial score (nSPS) is 19.5. The van der Waals surface area contributed by atoms with E-state index in [1.165, 1.54) is 25.9 Å². The fraction of sp³-hybridized carbons (Fsp3) is 0.562. The van der Waals surface area contributed by atoms with E-state index < -0.39 is 0 Å². The number of hydrogen-bond acceptors (Lipinski definition) is 4. The standard InChI is InChI=1S/C16H23N3O/c1-19-9-4-5-14(13-19)11-18-12-15-6-2-3-7-16(15)20-10-8-17/h2-3,6-7,14,18H,4-5,9-13H2,1H3. The first kappa shape index (κ1) is 14.8. The number of nitrogens with zero attached hydrogens (tertiary/aromatic N) is 2. The van der Waals surface area contributed by atoms with Crippen molar-refractivity contribution in [2.45, 2.75) is 19.4 Å². The molecule has 0 spiro atoms. The van der Waals surface area contributed by atoms with Crippen molar-refractivity contribution in [2.24, 2.45) is 5.92 Å². The first-order valence-electron chi connectivity index (χ1n) is 7.26. The highest BCUT2D eigenvalue weighted by atomic mass is 16.5. The molecule has 1 aromatic carbocycles. The van der Waals surface area contributed by atoms with E-state index in [1.54, 1.807) is 0 Å². The van der Waals surface area contributed by atoms with Crippen molar-refractivity contribution >= 4 is 0 Å². The number of para-hydroxylation sites is 1. The molecule has 0 amide bonds. The average Bonchev–Trinajstić information content (AvgIpc) is 2.46. The van der Waals surface area contributed by atoms with Crippen molar-refractivity contribution in [1.29, 1.82) is 5.26 Å². The Labute approximate surface area is 121 Å². The Morgan fingerprint density at radius 3 is 3.10 bits per heavy atom. The number of benzene rings is 1. The van der Waals surface area contributed by atoms with Crippen molar-refractivity contribution < 1.29 is 4.74 Å². The number of nitriles is 1. The quantitative estimate of drug-likeness (QED) is 0.861. The van der Waals surface area contributed by atoms with Gasteiger partial charge in [0.2, 0.25) is 0 Å². The third-order valence-corrected chi connectivity index (χ3v) is 3.74. The molecule has 0 saturated carbocycles. The molecule has 1 fully saturated rings. The van der Waals surface area contributed by atoms with Gasteiger partial charge >= 0.3 is 0 Å². The highest BCUT2D eigenvalue weighted by Gasteiger charge is 2.16. The molecule has 1 aromatic rings. The number of piperidine rings is 1. The van der Waals surface area contributed by atoms with Gasteiger partial charge in [0.1, 0.15) is 11.8 Å². The molecule has 1 atom stereocenters. The van der Waals surface area contributed by atoms with E-state index in [1.807, 2.05) is 30.3 Å². The van der Waals surface area contributed by atoms with E-state index in [0.29, 0.717) is 0 Å². The summed E-state index contributed by atoms with van der Waals surface area (Å²) in [4.78, 5) is 2.40. The number of likely N-dealkylation sites (tertiary alicyclic amines) is 1. The van der Waals surface area contributed by atoms with Gasteiger partial charge in [-0.15, -0.1) is 0 Å². The van der Waals surface area contributed by atoms with Crippen LogP contribution in [0.25, 0.3) is 0 Å². The zero-order valence-electron chi connectivity index (χ0n) is 12.1. The smallest absolute Gasteiger partial charge is 0.174 e. The first-order valence-corrected chi connectivity index (χ1v) is 7.26. The molecule has 1 N–H and O–H groups in total. The van der Waals surface area contributed by atoms with Gasteiger partial charge in [0.15, 0.2) is 6.61 Å². The monoisotopic (exact) mass is 273 g/mol. The van der Waals surface area contributed by atoms with Gasteiger partial charge in [-0.1, -0.05) is 18.2 Å². The zero-order valence-corrected chi connectivity index (χ0v) is 12.1. The number of rotatable bonds is 6. The van der Waals surface area contributed by atoms with Crippen LogP contribution >= 0.6 is 0 Å². The molecule has 1 unspecified atom stereocenters. The Bertz CT molecular complexity index is 455. The molecule has 2 rings (SSSR count). The predicted molar refractivity (Wildman–Crippen MR) is 79.5 cm³/mol. The maximum Gasteiger partial charge on any atom is 0.174 e. The SMILES string of the molecule is CN1CCCC(CNCc2ccccc2OCC#N)C1. The van der Waals surface area contributed by atoms with Crippen LogP contribution in [0.15, 0.2) is 24.3 Å². The molecular formula is C16H23N3O. The summed E-state index contributed by atoms with van der Waals surface area (Å²) >= 11 is 0. The summed E-state index contributed by atoms with van der Waals surface area (Å²) < 4.78 is 5.44. The van der Waals surface area contributed by atoms with Crippen LogP contribution in [-0.4, -0.2) is 38.2 Å². The van der Waals surface area contributed by atoms with Crippen LogP contribution in [0.5, 0.6) is 5.75 Å². The van der Waals surface area contributed by atoms with Crippen LogP contribution < -0.4 is 10.1 Å². The molecule has 0 aromatic heterocycles. The molecule has 0 bridgehead atoms. The maximum absolute atomic E-state index is 8.59. The highest BCUT2D eigenvalue weighted by molar-refractivity contribution is 5.33. The summed E-state index contributed by atoms with van der Waals surface area (Å²) in [5.41, 5.74) is 1.12. The van der Waals surface area contributed by atoms with Gasteiger partial charge < -0.3 is 15.0 Å². The largest absolute Gasteiger partial charge is 0.478 e. The molecule has 0 radical (unpaired) electrons. The maximum atomic E-state index is 8.59. The third-order valence-electron chi connectivity index (χ3n) is 3.74. The summed E-state index contributed by atoms with van der Waals surface area (Å²) in [6.07, 6.45) is 2.61. The van der Waals surface area contributed by atoms with Gasteiger partial charge in [-0.05, 0) is 45.0 Å². The van der Waals surface area contributed by atoms with Crippen LogP contribution in [0, 0.1) is 17.2 Å². The minimum absolute atomic E-state index is 0.102. The number of ether oxygens (including phenoxy) is 1. The van der Waals surface area contributed by atoms with E-state index >= 15 is 0 Å². The number of nitrogens with one attached hydrogen (secondary N) is 1. The van der Waals surface area contributed by atoms with Crippen molar-refractivity contribution in [3.63, 3.8) is 0 Å². The Morgan fingerprint density at radius 1 is 1.45 bits per heavy atom. The van der Waals surface area contributed by atoms with Gasteiger partial charge in [-0.3, -0.25) is 0 Å². The van der Waals surface area contributed by atoms with E-state index in [-0.39, 0.29) is 6.61 Å². The van der Waals surface area contributed by atoms with Crippen LogP contribution in [-0.2, 0) is 6.54 Å². The van der Waals surface area contributed by atoms with Crippen molar-refractivity contribution in [3.05, 3.63) is 29.8 Å². The molecule has 0 aliphatic carbocycles. The Hall–Kier alpha value is -1.57.